The average molecular weight is 277 g/mol. The van der Waals surface area contributed by atoms with Crippen molar-refractivity contribution >= 4 is 5.69 Å². The Hall–Kier alpha value is -1.76. The molecule has 1 aromatic rings. The Morgan fingerprint density at radius 3 is 2.80 bits per heavy atom. The Labute approximate surface area is 116 Å². The van der Waals surface area contributed by atoms with E-state index in [1.165, 1.54) is 12.1 Å². The molecule has 0 aliphatic carbocycles. The van der Waals surface area contributed by atoms with Gasteiger partial charge in [-0.15, -0.1) is 0 Å². The van der Waals surface area contributed by atoms with Crippen molar-refractivity contribution in [2.24, 2.45) is 0 Å². The second-order valence-electron chi connectivity index (χ2n) is 5.32. The second-order valence-corrected chi connectivity index (χ2v) is 5.32. The fourth-order valence-corrected chi connectivity index (χ4v) is 3.06. The summed E-state index contributed by atoms with van der Waals surface area (Å²) in [4.78, 5) is 10.3. The van der Waals surface area contributed by atoms with Crippen LogP contribution >= 0.6 is 0 Å². The Kier molecular flexibility index (Phi) is 3.29. The molecule has 106 valence electrons. The summed E-state index contributed by atoms with van der Waals surface area (Å²) >= 11 is 0. The number of quaternary nitrogens is 1. The van der Waals surface area contributed by atoms with Gasteiger partial charge in [0.15, 0.2) is 13.5 Å². The molecule has 3 atom stereocenters. The van der Waals surface area contributed by atoms with E-state index in [1.54, 1.807) is 12.1 Å². The van der Waals surface area contributed by atoms with Crippen molar-refractivity contribution in [1.82, 2.24) is 0 Å². The van der Waals surface area contributed by atoms with Crippen molar-refractivity contribution in [3.63, 3.8) is 0 Å². The van der Waals surface area contributed by atoms with Crippen molar-refractivity contribution in [3.8, 4) is 0 Å². The fourth-order valence-electron chi connectivity index (χ4n) is 3.06. The maximum Gasteiger partial charge on any atom is 0.269 e. The van der Waals surface area contributed by atoms with Gasteiger partial charge in [0, 0.05) is 12.1 Å². The average Bonchev–Trinajstić information content (AvgIpc) is 2.97. The van der Waals surface area contributed by atoms with Crippen molar-refractivity contribution in [3.05, 3.63) is 52.6 Å². The van der Waals surface area contributed by atoms with Crippen molar-refractivity contribution in [1.29, 1.82) is 0 Å². The summed E-state index contributed by atoms with van der Waals surface area (Å²) in [6, 6.07) is 6.82. The number of rotatable bonds is 4. The van der Waals surface area contributed by atoms with Gasteiger partial charge in [0.1, 0.15) is 25.3 Å². The van der Waals surface area contributed by atoms with E-state index in [-0.39, 0.29) is 17.8 Å². The molecule has 0 amide bonds. The minimum absolute atomic E-state index is 0.0711. The highest BCUT2D eigenvalue weighted by atomic mass is 16.6. The Morgan fingerprint density at radius 2 is 2.15 bits per heavy atom. The van der Waals surface area contributed by atoms with Gasteiger partial charge in [0.05, 0.1) is 4.92 Å². The second kappa shape index (κ2) is 4.97. The van der Waals surface area contributed by atoms with Crippen molar-refractivity contribution in [2.45, 2.75) is 12.1 Å². The molecule has 0 bridgehead atoms. The molecule has 6 heteroatoms. The third-order valence-electron chi connectivity index (χ3n) is 4.13. The molecule has 2 fully saturated rings. The normalized spacial score (nSPS) is 32.0. The van der Waals surface area contributed by atoms with E-state index in [9.17, 15) is 10.1 Å². The first-order valence-electron chi connectivity index (χ1n) is 6.57. The number of nitro groups is 1. The van der Waals surface area contributed by atoms with E-state index < -0.39 is 4.92 Å². The number of hydrogen-bond donors (Lipinski definition) is 0. The van der Waals surface area contributed by atoms with Crippen LogP contribution in [0.15, 0.2) is 36.9 Å². The molecule has 2 aliphatic rings. The molecule has 2 aliphatic heterocycles. The maximum atomic E-state index is 10.7. The molecule has 2 heterocycles. The quantitative estimate of drug-likeness (QED) is 0.365. The van der Waals surface area contributed by atoms with Crippen LogP contribution in [0.2, 0.25) is 0 Å². The van der Waals surface area contributed by atoms with E-state index in [1.807, 2.05) is 6.08 Å². The van der Waals surface area contributed by atoms with Gasteiger partial charge >= 0.3 is 0 Å². The number of non-ortho nitro benzene ring substituents is 1. The highest BCUT2D eigenvalue weighted by Gasteiger charge is 2.53. The molecule has 1 aromatic carbocycles. The molecule has 1 unspecified atom stereocenters. The SMILES string of the molecule is C=CC[N+]12COC[C@@H]1[C@H](c1ccc([N+](=O)[O-])cc1)OC2. The molecular weight excluding hydrogens is 260 g/mol. The van der Waals surface area contributed by atoms with E-state index in [0.717, 1.165) is 16.6 Å². The molecule has 0 radical (unpaired) electrons. The predicted octanol–water partition coefficient (Wildman–Crippen LogP) is 1.98. The van der Waals surface area contributed by atoms with Crippen LogP contribution in [-0.4, -0.2) is 42.1 Å². The molecule has 6 nitrogen and oxygen atoms in total. The van der Waals surface area contributed by atoms with E-state index in [0.29, 0.717) is 20.1 Å². The van der Waals surface area contributed by atoms with Gasteiger partial charge in [-0.1, -0.05) is 6.58 Å². The largest absolute Gasteiger partial charge is 0.325 e. The molecule has 20 heavy (non-hydrogen) atoms. The molecule has 0 spiro atoms. The topological polar surface area (TPSA) is 61.6 Å². The number of ether oxygens (including phenoxy) is 2. The highest BCUT2D eigenvalue weighted by molar-refractivity contribution is 5.34. The zero-order chi connectivity index (χ0) is 14.2. The molecule has 3 rings (SSSR count). The number of hydrogen-bond acceptors (Lipinski definition) is 4. The number of fused-ring (bicyclic) bond motifs is 1. The van der Waals surface area contributed by atoms with E-state index in [4.69, 9.17) is 9.47 Å². The molecule has 0 saturated carbocycles. The van der Waals surface area contributed by atoms with Gasteiger partial charge in [-0.05, 0) is 23.8 Å². The summed E-state index contributed by atoms with van der Waals surface area (Å²) in [7, 11) is 0. The number of nitro benzene ring substituents is 1. The smallest absolute Gasteiger partial charge is 0.269 e. The summed E-state index contributed by atoms with van der Waals surface area (Å²) in [6.45, 7) is 6.50. The van der Waals surface area contributed by atoms with Crippen molar-refractivity contribution in [2.75, 3.05) is 26.6 Å². The summed E-state index contributed by atoms with van der Waals surface area (Å²) in [5, 5.41) is 10.7. The first-order chi connectivity index (χ1) is 9.66. The lowest BCUT2D eigenvalue weighted by molar-refractivity contribution is -0.938. The van der Waals surface area contributed by atoms with Crippen molar-refractivity contribution < 1.29 is 18.9 Å². The summed E-state index contributed by atoms with van der Waals surface area (Å²) in [5.74, 6) is 0. The van der Waals surface area contributed by atoms with Crippen LogP contribution < -0.4 is 0 Å². The van der Waals surface area contributed by atoms with Crippen LogP contribution in [0.3, 0.4) is 0 Å². The summed E-state index contributed by atoms with van der Waals surface area (Å²) < 4.78 is 12.3. The minimum Gasteiger partial charge on any atom is -0.325 e. The summed E-state index contributed by atoms with van der Waals surface area (Å²) in [6.07, 6.45) is 1.82. The lowest BCUT2D eigenvalue weighted by atomic mass is 10.0. The highest BCUT2D eigenvalue weighted by Crippen LogP contribution is 2.40. The van der Waals surface area contributed by atoms with Crippen LogP contribution in [0, 0.1) is 10.1 Å². The van der Waals surface area contributed by atoms with Gasteiger partial charge < -0.3 is 9.47 Å². The predicted molar refractivity (Wildman–Crippen MR) is 71.7 cm³/mol. The first-order valence-corrected chi connectivity index (χ1v) is 6.57. The molecule has 2 saturated heterocycles. The summed E-state index contributed by atoms with van der Waals surface area (Å²) in [5.41, 5.74) is 1.07. The van der Waals surface area contributed by atoms with Crippen LogP contribution in [0.25, 0.3) is 0 Å². The zero-order valence-corrected chi connectivity index (χ0v) is 11.1. The van der Waals surface area contributed by atoms with E-state index in [2.05, 4.69) is 6.58 Å². The van der Waals surface area contributed by atoms with Crippen LogP contribution in [-0.2, 0) is 9.47 Å². The van der Waals surface area contributed by atoms with Gasteiger partial charge in [0.25, 0.3) is 5.69 Å². The first kappa shape index (κ1) is 13.2. The lowest BCUT2D eigenvalue weighted by Gasteiger charge is -2.29. The monoisotopic (exact) mass is 277 g/mol. The van der Waals surface area contributed by atoms with Gasteiger partial charge in [-0.25, -0.2) is 0 Å². The Morgan fingerprint density at radius 1 is 1.40 bits per heavy atom. The Balaban J connectivity index is 1.84. The minimum atomic E-state index is -0.393. The molecule has 0 N–H and O–H groups in total. The van der Waals surface area contributed by atoms with Crippen LogP contribution in [0.5, 0.6) is 0 Å². The molecule has 0 aromatic heterocycles. The Bertz CT molecular complexity index is 530. The third kappa shape index (κ3) is 2.02. The van der Waals surface area contributed by atoms with Gasteiger partial charge in [0.2, 0.25) is 0 Å². The molecular formula is C14H17N2O4+. The number of benzene rings is 1. The lowest BCUT2D eigenvalue weighted by Crippen LogP contribution is -2.49. The van der Waals surface area contributed by atoms with Gasteiger partial charge in [-0.2, -0.15) is 0 Å². The van der Waals surface area contributed by atoms with E-state index >= 15 is 0 Å². The van der Waals surface area contributed by atoms with Gasteiger partial charge in [-0.3, -0.25) is 14.6 Å². The fraction of sp³-hybridized carbons (Fsp3) is 0.429. The maximum absolute atomic E-state index is 10.7. The van der Waals surface area contributed by atoms with Crippen LogP contribution in [0.1, 0.15) is 11.7 Å². The zero-order valence-electron chi connectivity index (χ0n) is 11.1. The third-order valence-corrected chi connectivity index (χ3v) is 4.13. The van der Waals surface area contributed by atoms with Crippen LogP contribution in [0.4, 0.5) is 5.69 Å². The number of nitrogens with zero attached hydrogens (tertiary/aromatic N) is 2. The standard InChI is InChI=1S/C14H17N2O4/c1-2-7-16-9-19-8-13(16)14(20-10-16)11-3-5-12(6-4-11)15(17)18/h2-6,13-14H,1,7-10H2/q+1/t13-,14+,16?/m1/s1.